The minimum absolute atomic E-state index is 0.488. The van der Waals surface area contributed by atoms with E-state index in [0.717, 1.165) is 92.5 Å². The van der Waals surface area contributed by atoms with Crippen LogP contribution in [0, 0.1) is 5.92 Å². The molecular weight excluding hydrogens is 470 g/mol. The predicted octanol–water partition coefficient (Wildman–Crippen LogP) is 6.08. The number of rotatable bonds is 10. The second-order valence-corrected chi connectivity index (χ2v) is 9.72. The molecule has 1 unspecified atom stereocenters. The largest absolute Gasteiger partial charge is 0.494 e. The number of aromatic nitrogens is 2. The van der Waals surface area contributed by atoms with E-state index >= 15 is 0 Å². The van der Waals surface area contributed by atoms with Crippen molar-refractivity contribution in [1.82, 2.24) is 20.2 Å². The van der Waals surface area contributed by atoms with Crippen LogP contribution in [0.25, 0.3) is 10.9 Å². The molecule has 1 aliphatic heterocycles. The van der Waals surface area contributed by atoms with Crippen LogP contribution in [0.3, 0.4) is 0 Å². The van der Waals surface area contributed by atoms with Gasteiger partial charge in [-0.2, -0.15) is 0 Å². The van der Waals surface area contributed by atoms with Gasteiger partial charge in [-0.15, -0.1) is 0 Å². The number of allylic oxidation sites excluding steroid dienone is 2. The zero-order valence-electron chi connectivity index (χ0n) is 22.5. The summed E-state index contributed by atoms with van der Waals surface area (Å²) in [5, 5.41) is 4.94. The molecule has 36 heavy (non-hydrogen) atoms. The Morgan fingerprint density at radius 3 is 2.72 bits per heavy atom. The molecule has 2 aromatic rings. The van der Waals surface area contributed by atoms with E-state index in [1.165, 1.54) is 6.42 Å². The number of hydrogen-bond donors (Lipinski definition) is 1. The third-order valence-electron chi connectivity index (χ3n) is 6.94. The van der Waals surface area contributed by atoms with Crippen molar-refractivity contribution < 1.29 is 4.74 Å². The summed E-state index contributed by atoms with van der Waals surface area (Å²) < 4.78 is 5.93. The normalized spacial score (nSPS) is 18.8. The average molecular weight is 514 g/mol. The molecule has 0 bridgehead atoms. The summed E-state index contributed by atoms with van der Waals surface area (Å²) in [4.78, 5) is 14.2. The Morgan fingerprint density at radius 2 is 1.97 bits per heavy atom. The van der Waals surface area contributed by atoms with Crippen molar-refractivity contribution in [1.29, 1.82) is 0 Å². The monoisotopic (exact) mass is 513 g/mol. The molecule has 4 rings (SSSR count). The number of ether oxygens (including phenoxy) is 1. The second-order valence-electron chi connectivity index (χ2n) is 9.29. The van der Waals surface area contributed by atoms with Crippen LogP contribution >= 0.6 is 11.6 Å². The SMILES string of the molecule is CC.CCN(c1ncnc2ccc(Cl)cc12)C1CCN(CC2C=CC(OCCCNC)=CCC2)CC1. The molecule has 0 spiro atoms. The molecule has 2 heterocycles. The van der Waals surface area contributed by atoms with Crippen LogP contribution in [0.15, 0.2) is 48.5 Å². The zero-order valence-corrected chi connectivity index (χ0v) is 23.3. The Labute approximate surface area is 222 Å². The molecule has 0 saturated carbocycles. The van der Waals surface area contributed by atoms with Crippen LogP contribution in [0.2, 0.25) is 5.02 Å². The summed E-state index contributed by atoms with van der Waals surface area (Å²) in [5.74, 6) is 2.63. The second kappa shape index (κ2) is 15.2. The molecule has 1 saturated heterocycles. The highest BCUT2D eigenvalue weighted by Gasteiger charge is 2.27. The topological polar surface area (TPSA) is 53.5 Å². The van der Waals surface area contributed by atoms with Gasteiger partial charge in [0.25, 0.3) is 0 Å². The van der Waals surface area contributed by atoms with Crippen LogP contribution in [-0.4, -0.2) is 67.3 Å². The summed E-state index contributed by atoms with van der Waals surface area (Å²) in [7, 11) is 1.98. The van der Waals surface area contributed by atoms with Crippen LogP contribution in [0.5, 0.6) is 0 Å². The molecule has 1 aliphatic carbocycles. The van der Waals surface area contributed by atoms with Crippen LogP contribution in [0.1, 0.15) is 52.9 Å². The quantitative estimate of drug-likeness (QED) is 0.389. The number of halogens is 1. The Kier molecular flexibility index (Phi) is 12.0. The van der Waals surface area contributed by atoms with Gasteiger partial charge in [0.1, 0.15) is 17.9 Å². The highest BCUT2D eigenvalue weighted by Crippen LogP contribution is 2.30. The maximum Gasteiger partial charge on any atom is 0.140 e. The van der Waals surface area contributed by atoms with E-state index in [2.05, 4.69) is 50.2 Å². The standard InChI is InChI=1S/C27H38ClN5O.C2H6/c1-3-33(27-25-18-22(28)9-11-26(25)30-20-31-27)23-12-15-32(16-13-23)19-21-6-4-7-24(10-8-21)34-17-5-14-29-2;1-2/h7-11,18,20-21,23,29H,3-6,12-17,19H2,1-2H3;1-2H3. The number of nitrogens with zero attached hydrogens (tertiary/aromatic N) is 4. The van der Waals surface area contributed by atoms with Gasteiger partial charge in [-0.1, -0.05) is 31.5 Å². The van der Waals surface area contributed by atoms with Crippen molar-refractivity contribution in [3.8, 4) is 0 Å². The van der Waals surface area contributed by atoms with Crippen LogP contribution < -0.4 is 10.2 Å². The van der Waals surface area contributed by atoms with Crippen molar-refractivity contribution >= 4 is 28.3 Å². The molecule has 198 valence electrons. The minimum Gasteiger partial charge on any atom is -0.494 e. The lowest BCUT2D eigenvalue weighted by Gasteiger charge is -2.39. The van der Waals surface area contributed by atoms with Gasteiger partial charge in [0.2, 0.25) is 0 Å². The van der Waals surface area contributed by atoms with Gasteiger partial charge in [-0.3, -0.25) is 0 Å². The highest BCUT2D eigenvalue weighted by atomic mass is 35.5. The van der Waals surface area contributed by atoms with Gasteiger partial charge in [0, 0.05) is 42.6 Å². The van der Waals surface area contributed by atoms with Crippen molar-refractivity contribution in [3.63, 3.8) is 0 Å². The smallest absolute Gasteiger partial charge is 0.140 e. The molecule has 1 N–H and O–H groups in total. The maximum absolute atomic E-state index is 6.29. The molecule has 1 aromatic heterocycles. The maximum atomic E-state index is 6.29. The molecule has 1 fully saturated rings. The van der Waals surface area contributed by atoms with Crippen molar-refractivity contribution in [2.45, 2.75) is 58.9 Å². The van der Waals surface area contributed by atoms with E-state index in [1.54, 1.807) is 6.33 Å². The third-order valence-corrected chi connectivity index (χ3v) is 7.17. The lowest BCUT2D eigenvalue weighted by atomic mass is 9.98. The fraction of sp³-hybridized carbons (Fsp3) is 0.586. The Balaban J connectivity index is 0.00000176. The van der Waals surface area contributed by atoms with Crippen LogP contribution in [0.4, 0.5) is 5.82 Å². The first-order chi connectivity index (χ1) is 17.7. The lowest BCUT2D eigenvalue weighted by Crippen LogP contribution is -2.46. The predicted molar refractivity (Wildman–Crippen MR) is 153 cm³/mol. The molecule has 0 amide bonds. The zero-order chi connectivity index (χ0) is 25.8. The number of fused-ring (bicyclic) bond motifs is 1. The average Bonchev–Trinajstić information content (AvgIpc) is 3.14. The summed E-state index contributed by atoms with van der Waals surface area (Å²) in [6.07, 6.45) is 14.1. The van der Waals surface area contributed by atoms with Gasteiger partial charge >= 0.3 is 0 Å². The molecule has 2 aliphatic rings. The van der Waals surface area contributed by atoms with E-state index in [4.69, 9.17) is 16.3 Å². The van der Waals surface area contributed by atoms with Gasteiger partial charge < -0.3 is 19.9 Å². The van der Waals surface area contributed by atoms with Gasteiger partial charge in [0.15, 0.2) is 0 Å². The first-order valence-corrected chi connectivity index (χ1v) is 14.1. The van der Waals surface area contributed by atoms with Crippen molar-refractivity contribution in [3.05, 3.63) is 53.5 Å². The van der Waals surface area contributed by atoms with E-state index < -0.39 is 0 Å². The third kappa shape index (κ3) is 7.92. The number of piperidine rings is 1. The first-order valence-electron chi connectivity index (χ1n) is 13.7. The van der Waals surface area contributed by atoms with Crippen LogP contribution in [-0.2, 0) is 4.74 Å². The summed E-state index contributed by atoms with van der Waals surface area (Å²) in [6.45, 7) is 12.3. The molecule has 1 atom stereocenters. The summed E-state index contributed by atoms with van der Waals surface area (Å²) in [6, 6.07) is 6.36. The number of likely N-dealkylation sites (tertiary alicyclic amines) is 1. The number of hydrogen-bond acceptors (Lipinski definition) is 6. The van der Waals surface area contributed by atoms with Gasteiger partial charge in [0.05, 0.1) is 12.1 Å². The lowest BCUT2D eigenvalue weighted by molar-refractivity contribution is 0.189. The summed E-state index contributed by atoms with van der Waals surface area (Å²) >= 11 is 6.29. The molecule has 6 nitrogen and oxygen atoms in total. The Morgan fingerprint density at radius 1 is 1.17 bits per heavy atom. The van der Waals surface area contributed by atoms with E-state index in [0.29, 0.717) is 12.0 Å². The van der Waals surface area contributed by atoms with E-state index in [1.807, 2.05) is 39.1 Å². The Hall–Kier alpha value is -2.15. The van der Waals surface area contributed by atoms with E-state index in [9.17, 15) is 0 Å². The fourth-order valence-electron chi connectivity index (χ4n) is 5.10. The minimum atomic E-state index is 0.488. The molecule has 1 aromatic carbocycles. The van der Waals surface area contributed by atoms with E-state index in [-0.39, 0.29) is 0 Å². The first kappa shape index (κ1) is 28.4. The molecule has 7 heteroatoms. The number of nitrogens with one attached hydrogen (secondary N) is 1. The van der Waals surface area contributed by atoms with Gasteiger partial charge in [-0.05, 0) is 88.9 Å². The highest BCUT2D eigenvalue weighted by molar-refractivity contribution is 6.31. The number of benzene rings is 1. The molecule has 0 radical (unpaired) electrons. The van der Waals surface area contributed by atoms with Gasteiger partial charge in [-0.25, -0.2) is 9.97 Å². The molecular formula is C29H44ClN5O. The number of anilines is 1. The van der Waals surface area contributed by atoms with Crippen molar-refractivity contribution in [2.75, 3.05) is 51.3 Å². The Bertz CT molecular complexity index is 987. The fourth-order valence-corrected chi connectivity index (χ4v) is 5.28. The summed E-state index contributed by atoms with van der Waals surface area (Å²) in [5.41, 5.74) is 0.949. The van der Waals surface area contributed by atoms with Crippen molar-refractivity contribution in [2.24, 2.45) is 5.92 Å².